The minimum atomic E-state index is -0.500. The van der Waals surface area contributed by atoms with Crippen LogP contribution in [-0.4, -0.2) is 60.5 Å². The molecule has 0 aromatic carbocycles. The Morgan fingerprint density at radius 2 is 1.37 bits per heavy atom. The predicted molar refractivity (Wildman–Crippen MR) is 151 cm³/mol. The predicted octanol–water partition coefficient (Wildman–Crippen LogP) is 4.58. The van der Waals surface area contributed by atoms with E-state index in [1.807, 2.05) is 78.9 Å². The van der Waals surface area contributed by atoms with Crippen molar-refractivity contribution in [2.24, 2.45) is 0 Å². The van der Waals surface area contributed by atoms with Crippen LogP contribution in [0.2, 0.25) is 0 Å². The maximum absolute atomic E-state index is 11.4. The molecule has 0 spiro atoms. The molecule has 2 rings (SSSR count). The highest BCUT2D eigenvalue weighted by Gasteiger charge is 2.16. The van der Waals surface area contributed by atoms with E-state index in [0.29, 0.717) is 12.2 Å². The van der Waals surface area contributed by atoms with E-state index in [4.69, 9.17) is 9.47 Å². The number of carbonyl (C=O) groups is 2. The molecule has 2 aromatic rings. The molecule has 4 N–H and O–H groups in total. The monoisotopic (exact) mass is 526 g/mol. The molecule has 38 heavy (non-hydrogen) atoms. The quantitative estimate of drug-likeness (QED) is 0.305. The van der Waals surface area contributed by atoms with Crippen LogP contribution in [0.25, 0.3) is 0 Å². The number of rotatable bonds is 7. The van der Waals surface area contributed by atoms with Gasteiger partial charge in [-0.05, 0) is 84.6 Å². The van der Waals surface area contributed by atoms with Crippen molar-refractivity contribution in [2.75, 3.05) is 37.8 Å². The number of aromatic nitrogens is 2. The molecule has 10 heteroatoms. The first-order chi connectivity index (χ1) is 17.8. The van der Waals surface area contributed by atoms with Crippen molar-refractivity contribution in [1.29, 1.82) is 0 Å². The van der Waals surface area contributed by atoms with Gasteiger partial charge in [0, 0.05) is 26.3 Å². The van der Waals surface area contributed by atoms with E-state index < -0.39 is 17.3 Å². The third-order valence-electron chi connectivity index (χ3n) is 4.28. The molecule has 0 saturated carbocycles. The molecule has 208 valence electrons. The zero-order valence-electron chi connectivity index (χ0n) is 23.8. The van der Waals surface area contributed by atoms with Crippen LogP contribution in [-0.2, 0) is 15.9 Å². The Hall–Kier alpha value is -4.00. The standard InChI is InChI=1S/C14H23N3O2.C14H19N3O2/c2*1-14(2,3)19-13(18)16-10-6-8-11-7-5-9-12(15-4)17-11/h5,7,9H,6,8,10H2,1-4H3,(H,15,17)(H,16,18);5,7,9H,10H2,1-4H3,(H,15,17)(H,16,18). The number of anilines is 2. The van der Waals surface area contributed by atoms with Crippen LogP contribution < -0.4 is 21.3 Å². The average Bonchev–Trinajstić information content (AvgIpc) is 2.83. The van der Waals surface area contributed by atoms with E-state index in [0.717, 1.165) is 30.2 Å². The van der Waals surface area contributed by atoms with Crippen LogP contribution in [0.5, 0.6) is 0 Å². The minimum Gasteiger partial charge on any atom is -0.444 e. The molecule has 0 unspecified atom stereocenters. The number of hydrogen-bond acceptors (Lipinski definition) is 8. The fourth-order valence-corrected chi connectivity index (χ4v) is 2.74. The van der Waals surface area contributed by atoms with Gasteiger partial charge in [0.15, 0.2) is 0 Å². The van der Waals surface area contributed by atoms with Crippen molar-refractivity contribution >= 4 is 23.8 Å². The van der Waals surface area contributed by atoms with Crippen molar-refractivity contribution in [3.63, 3.8) is 0 Å². The molecule has 0 bridgehead atoms. The summed E-state index contributed by atoms with van der Waals surface area (Å²) < 4.78 is 10.2. The molecule has 0 atom stereocenters. The van der Waals surface area contributed by atoms with Crippen molar-refractivity contribution in [2.45, 2.75) is 65.6 Å². The van der Waals surface area contributed by atoms with Crippen LogP contribution >= 0.6 is 0 Å². The maximum atomic E-state index is 11.4. The number of ether oxygens (including phenoxy) is 2. The van der Waals surface area contributed by atoms with Crippen molar-refractivity contribution in [1.82, 2.24) is 20.6 Å². The van der Waals surface area contributed by atoms with Crippen molar-refractivity contribution in [3.8, 4) is 11.8 Å². The van der Waals surface area contributed by atoms with Crippen LogP contribution in [0.4, 0.5) is 21.2 Å². The number of nitrogens with zero attached hydrogens (tertiary/aromatic N) is 2. The first-order valence-corrected chi connectivity index (χ1v) is 12.5. The molecule has 2 aromatic heterocycles. The Morgan fingerprint density at radius 3 is 1.95 bits per heavy atom. The van der Waals surface area contributed by atoms with Crippen LogP contribution in [0.1, 0.15) is 59.4 Å². The Kier molecular flexibility index (Phi) is 13.5. The van der Waals surface area contributed by atoms with Gasteiger partial charge in [-0.25, -0.2) is 19.6 Å². The summed E-state index contributed by atoms with van der Waals surface area (Å²) in [7, 11) is 3.64. The molecule has 0 aliphatic carbocycles. The smallest absolute Gasteiger partial charge is 0.408 e. The zero-order chi connectivity index (χ0) is 28.6. The highest BCUT2D eigenvalue weighted by Crippen LogP contribution is 2.08. The first-order valence-electron chi connectivity index (χ1n) is 12.5. The number of hydrogen-bond donors (Lipinski definition) is 4. The van der Waals surface area contributed by atoms with Gasteiger partial charge in [0.2, 0.25) is 0 Å². The van der Waals surface area contributed by atoms with Gasteiger partial charge in [0.25, 0.3) is 0 Å². The molecule has 0 fully saturated rings. The second kappa shape index (κ2) is 16.0. The van der Waals surface area contributed by atoms with Gasteiger partial charge in [-0.3, -0.25) is 0 Å². The zero-order valence-corrected chi connectivity index (χ0v) is 23.8. The van der Waals surface area contributed by atoms with E-state index in [9.17, 15) is 9.59 Å². The summed E-state index contributed by atoms with van der Waals surface area (Å²) in [4.78, 5) is 31.4. The average molecular weight is 527 g/mol. The van der Waals surface area contributed by atoms with Gasteiger partial charge in [-0.2, -0.15) is 0 Å². The Labute approximate surface area is 226 Å². The molecule has 0 radical (unpaired) electrons. The van der Waals surface area contributed by atoms with E-state index in [-0.39, 0.29) is 12.6 Å². The Morgan fingerprint density at radius 1 is 0.816 bits per heavy atom. The lowest BCUT2D eigenvalue weighted by Gasteiger charge is -2.19. The fraction of sp³-hybridized carbons (Fsp3) is 0.500. The van der Waals surface area contributed by atoms with Gasteiger partial charge < -0.3 is 30.7 Å². The van der Waals surface area contributed by atoms with Crippen LogP contribution in [0.15, 0.2) is 36.4 Å². The number of pyridine rings is 2. The van der Waals surface area contributed by atoms with E-state index in [1.165, 1.54) is 0 Å². The fourth-order valence-electron chi connectivity index (χ4n) is 2.74. The molecule has 10 nitrogen and oxygen atoms in total. The Bertz CT molecular complexity index is 1080. The van der Waals surface area contributed by atoms with E-state index in [1.54, 1.807) is 13.1 Å². The summed E-state index contributed by atoms with van der Waals surface area (Å²) in [6, 6.07) is 11.4. The largest absolute Gasteiger partial charge is 0.444 e. The molecule has 0 aliphatic rings. The lowest BCUT2D eigenvalue weighted by Crippen LogP contribution is -2.33. The highest BCUT2D eigenvalue weighted by molar-refractivity contribution is 5.68. The van der Waals surface area contributed by atoms with Crippen LogP contribution in [0.3, 0.4) is 0 Å². The molecular formula is C28H42N6O4. The summed E-state index contributed by atoms with van der Waals surface area (Å²) in [6.07, 6.45) is 0.813. The minimum absolute atomic E-state index is 0.223. The summed E-state index contributed by atoms with van der Waals surface area (Å²) in [5, 5.41) is 11.2. The number of alkyl carbamates (subject to hydrolysis) is 2. The van der Waals surface area contributed by atoms with E-state index >= 15 is 0 Å². The highest BCUT2D eigenvalue weighted by atomic mass is 16.6. The van der Waals surface area contributed by atoms with Gasteiger partial charge in [-0.15, -0.1) is 0 Å². The van der Waals surface area contributed by atoms with Crippen molar-refractivity contribution in [3.05, 3.63) is 47.8 Å². The summed E-state index contributed by atoms with van der Waals surface area (Å²) in [6.45, 7) is 11.8. The number of amides is 2. The van der Waals surface area contributed by atoms with Gasteiger partial charge in [0.05, 0.1) is 6.54 Å². The lowest BCUT2D eigenvalue weighted by atomic mass is 10.2. The second-order valence-electron chi connectivity index (χ2n) is 10.1. The van der Waals surface area contributed by atoms with Crippen LogP contribution in [0, 0.1) is 11.8 Å². The third kappa shape index (κ3) is 15.9. The molecular weight excluding hydrogens is 484 g/mol. The first kappa shape index (κ1) is 32.0. The number of nitrogens with one attached hydrogen (secondary N) is 4. The van der Waals surface area contributed by atoms with E-state index in [2.05, 4.69) is 43.1 Å². The number of aryl methyl sites for hydroxylation is 1. The molecule has 0 aliphatic heterocycles. The van der Waals surface area contributed by atoms with Gasteiger partial charge in [-0.1, -0.05) is 18.1 Å². The maximum Gasteiger partial charge on any atom is 0.408 e. The molecule has 2 heterocycles. The Balaban J connectivity index is 0.000000380. The normalized spacial score (nSPS) is 10.5. The van der Waals surface area contributed by atoms with Gasteiger partial charge in [0.1, 0.15) is 28.5 Å². The third-order valence-corrected chi connectivity index (χ3v) is 4.28. The molecule has 2 amide bonds. The number of carbonyl (C=O) groups excluding carboxylic acids is 2. The summed E-state index contributed by atoms with van der Waals surface area (Å²) in [5.41, 5.74) is 0.711. The second-order valence-corrected chi connectivity index (χ2v) is 10.1. The lowest BCUT2D eigenvalue weighted by molar-refractivity contribution is 0.0519. The summed E-state index contributed by atoms with van der Waals surface area (Å²) >= 11 is 0. The topological polar surface area (TPSA) is 126 Å². The molecule has 0 saturated heterocycles. The van der Waals surface area contributed by atoms with Crippen molar-refractivity contribution < 1.29 is 19.1 Å². The SMILES string of the molecule is CNc1cccc(C#CCNC(=O)OC(C)(C)C)n1.CNc1cccc(CCCNC(=O)OC(C)(C)C)n1. The van der Waals surface area contributed by atoms with Gasteiger partial charge >= 0.3 is 12.2 Å². The summed E-state index contributed by atoms with van der Waals surface area (Å²) in [5.74, 6) is 7.30.